The Labute approximate surface area is 113 Å². The minimum Gasteiger partial charge on any atom is -0.453 e. The Morgan fingerprint density at radius 3 is 1.95 bits per heavy atom. The standard InChI is InChI=1S/C15H22O4/c1-4-11(16)19-12-14(17)5-9-6-15(12,18)8-10(7-14)13(9,2)3/h4,9-10,12,17-18H,1,5-8H2,2-3H3. The van der Waals surface area contributed by atoms with Gasteiger partial charge in [0, 0.05) is 6.08 Å². The third-order valence-electron chi connectivity index (χ3n) is 5.88. The van der Waals surface area contributed by atoms with Gasteiger partial charge < -0.3 is 14.9 Å². The van der Waals surface area contributed by atoms with Crippen LogP contribution in [0.15, 0.2) is 12.7 Å². The highest BCUT2D eigenvalue weighted by Crippen LogP contribution is 2.65. The highest BCUT2D eigenvalue weighted by Gasteiger charge is 2.69. The maximum Gasteiger partial charge on any atom is 0.330 e. The van der Waals surface area contributed by atoms with Gasteiger partial charge in [0.05, 0.1) is 0 Å². The van der Waals surface area contributed by atoms with Gasteiger partial charge in [0.2, 0.25) is 0 Å². The van der Waals surface area contributed by atoms with Gasteiger partial charge in [0.15, 0.2) is 6.10 Å². The van der Waals surface area contributed by atoms with Crippen LogP contribution in [-0.4, -0.2) is 33.5 Å². The normalized spacial score (nSPS) is 50.0. The van der Waals surface area contributed by atoms with Gasteiger partial charge in [-0.05, 0) is 42.9 Å². The lowest BCUT2D eigenvalue weighted by molar-refractivity contribution is -0.302. The van der Waals surface area contributed by atoms with Gasteiger partial charge >= 0.3 is 5.97 Å². The van der Waals surface area contributed by atoms with Crippen LogP contribution >= 0.6 is 0 Å². The number of rotatable bonds is 2. The van der Waals surface area contributed by atoms with Crippen LogP contribution < -0.4 is 0 Å². The van der Waals surface area contributed by atoms with E-state index >= 15 is 0 Å². The van der Waals surface area contributed by atoms with E-state index < -0.39 is 23.3 Å². The van der Waals surface area contributed by atoms with E-state index in [4.69, 9.17) is 4.74 Å². The number of carbonyl (C=O) groups is 1. The van der Waals surface area contributed by atoms with E-state index in [2.05, 4.69) is 20.4 Å². The Balaban J connectivity index is 1.95. The highest BCUT2D eigenvalue weighted by molar-refractivity contribution is 5.81. The summed E-state index contributed by atoms with van der Waals surface area (Å²) in [6.45, 7) is 7.81. The molecule has 0 unspecified atom stereocenters. The Bertz CT molecular complexity index is 399. The molecule has 0 aliphatic heterocycles. The number of aliphatic hydroxyl groups is 2. The largest absolute Gasteiger partial charge is 0.453 e. The van der Waals surface area contributed by atoms with E-state index in [1.165, 1.54) is 0 Å². The SMILES string of the molecule is C=CC(=O)OC1C2(O)CC3CC1(O)CC(C2)C3(C)C. The van der Waals surface area contributed by atoms with Crippen LogP contribution in [0.4, 0.5) is 0 Å². The zero-order valence-corrected chi connectivity index (χ0v) is 11.6. The molecule has 0 aromatic heterocycles. The number of esters is 1. The fraction of sp³-hybridized carbons (Fsp3) is 0.800. The first kappa shape index (κ1) is 13.1. The van der Waals surface area contributed by atoms with E-state index in [9.17, 15) is 15.0 Å². The third kappa shape index (κ3) is 1.62. The average Bonchev–Trinajstić information content (AvgIpc) is 2.29. The van der Waals surface area contributed by atoms with Gasteiger partial charge in [-0.15, -0.1) is 0 Å². The van der Waals surface area contributed by atoms with Crippen molar-refractivity contribution in [3.05, 3.63) is 12.7 Å². The van der Waals surface area contributed by atoms with E-state index in [-0.39, 0.29) is 17.3 Å². The van der Waals surface area contributed by atoms with Crippen LogP contribution in [0.2, 0.25) is 0 Å². The van der Waals surface area contributed by atoms with E-state index in [1.54, 1.807) is 0 Å². The summed E-state index contributed by atoms with van der Waals surface area (Å²) in [7, 11) is 0. The van der Waals surface area contributed by atoms with Crippen molar-refractivity contribution < 1.29 is 19.7 Å². The smallest absolute Gasteiger partial charge is 0.330 e. The Hall–Kier alpha value is -0.870. The fourth-order valence-corrected chi connectivity index (χ4v) is 4.72. The molecule has 4 rings (SSSR count). The average molecular weight is 266 g/mol. The van der Waals surface area contributed by atoms with Gasteiger partial charge in [0.25, 0.3) is 0 Å². The minimum absolute atomic E-state index is 0.145. The Morgan fingerprint density at radius 1 is 1.16 bits per heavy atom. The van der Waals surface area contributed by atoms with E-state index in [1.807, 2.05) is 0 Å². The molecule has 4 fully saturated rings. The molecule has 19 heavy (non-hydrogen) atoms. The third-order valence-corrected chi connectivity index (χ3v) is 5.88. The highest BCUT2D eigenvalue weighted by atomic mass is 16.6. The van der Waals surface area contributed by atoms with Crippen LogP contribution in [0.1, 0.15) is 39.5 Å². The minimum atomic E-state index is -1.07. The first-order chi connectivity index (χ1) is 8.71. The number of hydrogen-bond donors (Lipinski definition) is 2. The zero-order chi connectivity index (χ0) is 14.1. The lowest BCUT2D eigenvalue weighted by Gasteiger charge is -2.67. The molecule has 2 N–H and O–H groups in total. The molecular formula is C15H22O4. The monoisotopic (exact) mass is 266 g/mol. The zero-order valence-electron chi connectivity index (χ0n) is 11.6. The second kappa shape index (κ2) is 3.61. The summed E-state index contributed by atoms with van der Waals surface area (Å²) >= 11 is 0. The van der Waals surface area contributed by atoms with Gasteiger partial charge in [0.1, 0.15) is 11.2 Å². The maximum absolute atomic E-state index is 11.5. The van der Waals surface area contributed by atoms with Gasteiger partial charge in [-0.2, -0.15) is 0 Å². The molecule has 0 aromatic carbocycles. The molecule has 0 spiro atoms. The second-order valence-corrected chi connectivity index (χ2v) is 7.26. The van der Waals surface area contributed by atoms with Gasteiger partial charge in [-0.25, -0.2) is 4.79 Å². The van der Waals surface area contributed by atoms with Crippen molar-refractivity contribution in [2.45, 2.75) is 56.8 Å². The molecule has 4 aliphatic carbocycles. The maximum atomic E-state index is 11.5. The molecule has 0 atom stereocenters. The first-order valence-electron chi connectivity index (χ1n) is 6.99. The van der Waals surface area contributed by atoms with Crippen molar-refractivity contribution >= 4 is 5.97 Å². The Kier molecular flexibility index (Phi) is 2.50. The molecule has 0 saturated heterocycles. The second-order valence-electron chi connectivity index (χ2n) is 7.26. The molecule has 106 valence electrons. The van der Waals surface area contributed by atoms with Crippen molar-refractivity contribution in [3.8, 4) is 0 Å². The van der Waals surface area contributed by atoms with Gasteiger partial charge in [-0.1, -0.05) is 20.4 Å². The summed E-state index contributed by atoms with van der Waals surface area (Å²) in [5.74, 6) is 0.000880. The van der Waals surface area contributed by atoms with Crippen molar-refractivity contribution in [1.29, 1.82) is 0 Å². The van der Waals surface area contributed by atoms with E-state index in [0.29, 0.717) is 25.7 Å². The predicted molar refractivity (Wildman–Crippen MR) is 69.2 cm³/mol. The van der Waals surface area contributed by atoms with Crippen LogP contribution in [0.25, 0.3) is 0 Å². The number of carbonyl (C=O) groups excluding carboxylic acids is 1. The molecule has 0 heterocycles. The fourth-order valence-electron chi connectivity index (χ4n) is 4.72. The number of hydrogen-bond acceptors (Lipinski definition) is 4. The summed E-state index contributed by atoms with van der Waals surface area (Å²) in [4.78, 5) is 11.5. The molecule has 0 amide bonds. The van der Waals surface area contributed by atoms with Crippen LogP contribution in [0.3, 0.4) is 0 Å². The van der Waals surface area contributed by atoms with Crippen LogP contribution in [0, 0.1) is 17.3 Å². The van der Waals surface area contributed by atoms with Crippen LogP contribution in [0.5, 0.6) is 0 Å². The number of ether oxygens (including phenoxy) is 1. The Morgan fingerprint density at radius 2 is 1.58 bits per heavy atom. The molecular weight excluding hydrogens is 244 g/mol. The molecule has 4 aliphatic rings. The van der Waals surface area contributed by atoms with Crippen LogP contribution in [-0.2, 0) is 9.53 Å². The molecule has 0 radical (unpaired) electrons. The van der Waals surface area contributed by atoms with Gasteiger partial charge in [-0.3, -0.25) is 0 Å². The van der Waals surface area contributed by atoms with Crippen molar-refractivity contribution in [1.82, 2.24) is 0 Å². The lowest BCUT2D eigenvalue weighted by Crippen LogP contribution is -2.73. The summed E-state index contributed by atoms with van der Waals surface area (Å²) in [5, 5.41) is 21.7. The molecule has 4 saturated carbocycles. The topological polar surface area (TPSA) is 66.8 Å². The first-order valence-corrected chi connectivity index (χ1v) is 6.99. The summed E-state index contributed by atoms with van der Waals surface area (Å²) < 4.78 is 5.29. The van der Waals surface area contributed by atoms with Crippen molar-refractivity contribution in [3.63, 3.8) is 0 Å². The molecule has 0 aromatic rings. The quantitative estimate of drug-likeness (QED) is 0.586. The molecule has 4 bridgehead atoms. The van der Waals surface area contributed by atoms with Crippen molar-refractivity contribution in [2.75, 3.05) is 0 Å². The molecule has 4 nitrogen and oxygen atoms in total. The summed E-state index contributed by atoms with van der Waals surface area (Å²) in [5.41, 5.74) is -2.00. The van der Waals surface area contributed by atoms with Crippen molar-refractivity contribution in [2.24, 2.45) is 17.3 Å². The summed E-state index contributed by atoms with van der Waals surface area (Å²) in [6.07, 6.45) is 2.69. The predicted octanol–water partition coefficient (Wildman–Crippen LogP) is 1.41. The lowest BCUT2D eigenvalue weighted by atomic mass is 9.42. The molecule has 4 heteroatoms. The van der Waals surface area contributed by atoms with E-state index in [0.717, 1.165) is 6.08 Å². The summed E-state index contributed by atoms with van der Waals surface area (Å²) in [6, 6.07) is 0.